The molecule has 104 valence electrons. The summed E-state index contributed by atoms with van der Waals surface area (Å²) in [5.74, 6) is -0.385. The van der Waals surface area contributed by atoms with Crippen molar-refractivity contribution < 1.29 is 14.6 Å². The second-order valence-electron chi connectivity index (χ2n) is 4.48. The van der Waals surface area contributed by atoms with Crippen LogP contribution in [0.1, 0.15) is 15.9 Å². The summed E-state index contributed by atoms with van der Waals surface area (Å²) in [5.41, 5.74) is 2.48. The Bertz CT molecular complexity index is 596. The molecule has 0 unspecified atom stereocenters. The second-order valence-corrected chi connectivity index (χ2v) is 4.48. The first-order valence-corrected chi connectivity index (χ1v) is 6.42. The van der Waals surface area contributed by atoms with Crippen molar-refractivity contribution in [3.05, 3.63) is 59.7 Å². The van der Waals surface area contributed by atoms with Crippen LogP contribution in [0.2, 0.25) is 0 Å². The Morgan fingerprint density at radius 2 is 2.00 bits per heavy atom. The highest BCUT2D eigenvalue weighted by Gasteiger charge is 2.03. The van der Waals surface area contributed by atoms with Crippen molar-refractivity contribution in [2.24, 2.45) is 0 Å². The summed E-state index contributed by atoms with van der Waals surface area (Å²) in [6, 6.07) is 14.6. The van der Waals surface area contributed by atoms with Crippen molar-refractivity contribution in [3.63, 3.8) is 0 Å². The molecule has 0 aliphatic carbocycles. The first-order valence-electron chi connectivity index (χ1n) is 6.42. The molecule has 0 radical (unpaired) electrons. The van der Waals surface area contributed by atoms with Gasteiger partial charge in [0.15, 0.2) is 0 Å². The van der Waals surface area contributed by atoms with E-state index in [2.05, 4.69) is 11.4 Å². The zero-order chi connectivity index (χ0) is 14.4. The Labute approximate surface area is 118 Å². The van der Waals surface area contributed by atoms with Crippen LogP contribution in [-0.4, -0.2) is 24.2 Å². The van der Waals surface area contributed by atoms with E-state index in [-0.39, 0.29) is 5.56 Å². The quantitative estimate of drug-likeness (QED) is 0.792. The van der Waals surface area contributed by atoms with E-state index in [1.54, 1.807) is 18.2 Å². The van der Waals surface area contributed by atoms with Gasteiger partial charge in [0.25, 0.3) is 0 Å². The van der Waals surface area contributed by atoms with E-state index in [0.29, 0.717) is 18.9 Å². The highest BCUT2D eigenvalue weighted by Crippen LogP contribution is 2.13. The maximum atomic E-state index is 10.8. The number of aryl methyl sites for hydroxylation is 1. The van der Waals surface area contributed by atoms with Crippen molar-refractivity contribution in [3.8, 4) is 5.75 Å². The number of hydrogen-bond donors (Lipinski definition) is 2. The van der Waals surface area contributed by atoms with E-state index in [0.717, 1.165) is 5.69 Å². The molecule has 0 amide bonds. The van der Waals surface area contributed by atoms with Gasteiger partial charge in [-0.25, -0.2) is 4.79 Å². The fraction of sp³-hybridized carbons (Fsp3) is 0.188. The molecule has 0 bridgehead atoms. The van der Waals surface area contributed by atoms with Crippen LogP contribution in [0, 0.1) is 6.92 Å². The van der Waals surface area contributed by atoms with Crippen LogP contribution in [0.5, 0.6) is 5.75 Å². The van der Waals surface area contributed by atoms with Crippen LogP contribution >= 0.6 is 0 Å². The van der Waals surface area contributed by atoms with E-state index in [1.165, 1.54) is 11.6 Å². The predicted octanol–water partition coefficient (Wildman–Crippen LogP) is 3.18. The van der Waals surface area contributed by atoms with Crippen LogP contribution in [0.4, 0.5) is 5.69 Å². The molecular formula is C16H17NO3. The topological polar surface area (TPSA) is 58.6 Å². The molecule has 2 N–H and O–H groups in total. The van der Waals surface area contributed by atoms with E-state index in [4.69, 9.17) is 9.84 Å². The Morgan fingerprint density at radius 3 is 2.75 bits per heavy atom. The largest absolute Gasteiger partial charge is 0.492 e. The maximum Gasteiger partial charge on any atom is 0.335 e. The summed E-state index contributed by atoms with van der Waals surface area (Å²) in [4.78, 5) is 10.8. The Morgan fingerprint density at radius 1 is 1.20 bits per heavy atom. The SMILES string of the molecule is Cc1cccc(NCCOc2cccc(C(=O)O)c2)c1. The average Bonchev–Trinajstić information content (AvgIpc) is 2.44. The van der Waals surface area contributed by atoms with Crippen molar-refractivity contribution in [2.45, 2.75) is 6.92 Å². The van der Waals surface area contributed by atoms with Crippen LogP contribution in [-0.2, 0) is 0 Å². The van der Waals surface area contributed by atoms with E-state index in [9.17, 15) is 4.79 Å². The molecule has 2 rings (SSSR count). The van der Waals surface area contributed by atoms with Crippen molar-refractivity contribution in [2.75, 3.05) is 18.5 Å². The molecule has 0 aliphatic heterocycles. The number of anilines is 1. The monoisotopic (exact) mass is 271 g/mol. The molecule has 2 aromatic carbocycles. The van der Waals surface area contributed by atoms with E-state index < -0.39 is 5.97 Å². The zero-order valence-electron chi connectivity index (χ0n) is 11.3. The van der Waals surface area contributed by atoms with Gasteiger partial charge in [-0.3, -0.25) is 0 Å². The van der Waals surface area contributed by atoms with Gasteiger partial charge in [0, 0.05) is 12.2 Å². The molecule has 20 heavy (non-hydrogen) atoms. The van der Waals surface area contributed by atoms with Crippen LogP contribution in [0.15, 0.2) is 48.5 Å². The van der Waals surface area contributed by atoms with Crippen molar-refractivity contribution >= 4 is 11.7 Å². The molecule has 2 aromatic rings. The fourth-order valence-electron chi connectivity index (χ4n) is 1.84. The fourth-order valence-corrected chi connectivity index (χ4v) is 1.84. The third-order valence-corrected chi connectivity index (χ3v) is 2.80. The summed E-state index contributed by atoms with van der Waals surface area (Å²) in [6.45, 7) is 3.16. The minimum atomic E-state index is -0.951. The lowest BCUT2D eigenvalue weighted by Crippen LogP contribution is -2.11. The first-order chi connectivity index (χ1) is 9.65. The molecule has 0 aliphatic rings. The number of ether oxygens (including phenoxy) is 1. The summed E-state index contributed by atoms with van der Waals surface area (Å²) >= 11 is 0. The average molecular weight is 271 g/mol. The lowest BCUT2D eigenvalue weighted by molar-refractivity contribution is 0.0696. The van der Waals surface area contributed by atoms with Crippen molar-refractivity contribution in [1.29, 1.82) is 0 Å². The van der Waals surface area contributed by atoms with Gasteiger partial charge in [0.1, 0.15) is 12.4 Å². The molecule has 0 heterocycles. The normalized spacial score (nSPS) is 10.1. The lowest BCUT2D eigenvalue weighted by atomic mass is 10.2. The molecule has 0 fully saturated rings. The predicted molar refractivity (Wildman–Crippen MR) is 78.6 cm³/mol. The first kappa shape index (κ1) is 13.9. The van der Waals surface area contributed by atoms with Gasteiger partial charge < -0.3 is 15.2 Å². The van der Waals surface area contributed by atoms with Crippen LogP contribution in [0.25, 0.3) is 0 Å². The number of carboxylic acids is 1. The summed E-state index contributed by atoms with van der Waals surface area (Å²) in [6.07, 6.45) is 0. The summed E-state index contributed by atoms with van der Waals surface area (Å²) in [7, 11) is 0. The van der Waals surface area contributed by atoms with E-state index >= 15 is 0 Å². The second kappa shape index (κ2) is 6.61. The Hall–Kier alpha value is -2.49. The molecule has 0 aromatic heterocycles. The minimum absolute atomic E-state index is 0.231. The van der Waals surface area contributed by atoms with Gasteiger partial charge in [0.05, 0.1) is 5.56 Å². The summed E-state index contributed by atoms with van der Waals surface area (Å²) in [5, 5.41) is 12.1. The number of carbonyl (C=O) groups is 1. The van der Waals surface area contributed by atoms with Gasteiger partial charge in [-0.15, -0.1) is 0 Å². The van der Waals surface area contributed by atoms with Gasteiger partial charge in [-0.2, -0.15) is 0 Å². The highest BCUT2D eigenvalue weighted by atomic mass is 16.5. The molecule has 0 spiro atoms. The molecular weight excluding hydrogens is 254 g/mol. The number of carboxylic acid groups (broad SMARTS) is 1. The van der Waals surface area contributed by atoms with Crippen LogP contribution < -0.4 is 10.1 Å². The van der Waals surface area contributed by atoms with Gasteiger partial charge >= 0.3 is 5.97 Å². The standard InChI is InChI=1S/C16H17NO3/c1-12-4-2-6-14(10-12)17-8-9-20-15-7-3-5-13(11-15)16(18)19/h2-7,10-11,17H,8-9H2,1H3,(H,18,19). The third-order valence-electron chi connectivity index (χ3n) is 2.80. The van der Waals surface area contributed by atoms with Gasteiger partial charge in [-0.05, 0) is 42.8 Å². The van der Waals surface area contributed by atoms with Gasteiger partial charge in [-0.1, -0.05) is 18.2 Å². The Balaban J connectivity index is 1.81. The maximum absolute atomic E-state index is 10.8. The molecule has 0 saturated heterocycles. The van der Waals surface area contributed by atoms with Crippen LogP contribution in [0.3, 0.4) is 0 Å². The number of nitrogens with one attached hydrogen (secondary N) is 1. The molecule has 4 heteroatoms. The number of benzene rings is 2. The number of hydrogen-bond acceptors (Lipinski definition) is 3. The minimum Gasteiger partial charge on any atom is -0.492 e. The molecule has 0 saturated carbocycles. The molecule has 0 atom stereocenters. The number of rotatable bonds is 6. The lowest BCUT2D eigenvalue weighted by Gasteiger charge is -2.09. The highest BCUT2D eigenvalue weighted by molar-refractivity contribution is 5.87. The summed E-state index contributed by atoms with van der Waals surface area (Å²) < 4.78 is 5.52. The Kier molecular flexibility index (Phi) is 4.60. The van der Waals surface area contributed by atoms with Gasteiger partial charge in [0.2, 0.25) is 0 Å². The third kappa shape index (κ3) is 4.02. The molecule has 4 nitrogen and oxygen atoms in total. The van der Waals surface area contributed by atoms with Crippen molar-refractivity contribution in [1.82, 2.24) is 0 Å². The number of aromatic carboxylic acids is 1. The van der Waals surface area contributed by atoms with E-state index in [1.807, 2.05) is 25.1 Å². The zero-order valence-corrected chi connectivity index (χ0v) is 11.3. The smallest absolute Gasteiger partial charge is 0.335 e.